The number of rotatable bonds is 3. The van der Waals surface area contributed by atoms with Crippen LogP contribution in [-0.4, -0.2) is 5.78 Å². The molecule has 0 saturated heterocycles. The molecular formula is C22H22F2O. The quantitative estimate of drug-likeness (QED) is 0.551. The zero-order chi connectivity index (χ0) is 17.6. The monoisotopic (exact) mass is 340 g/mol. The van der Waals surface area contributed by atoms with Crippen LogP contribution < -0.4 is 0 Å². The molecule has 0 aliphatic heterocycles. The summed E-state index contributed by atoms with van der Waals surface area (Å²) in [5.41, 5.74) is 2.81. The van der Waals surface area contributed by atoms with Crippen molar-refractivity contribution in [1.82, 2.24) is 0 Å². The van der Waals surface area contributed by atoms with Crippen LogP contribution in [0.1, 0.15) is 72.9 Å². The zero-order valence-corrected chi connectivity index (χ0v) is 14.4. The van der Waals surface area contributed by atoms with E-state index >= 15 is 0 Å². The van der Waals surface area contributed by atoms with Crippen LogP contribution in [0.4, 0.5) is 8.78 Å². The van der Waals surface area contributed by atoms with E-state index in [1.165, 1.54) is 31.7 Å². The Labute approximate surface area is 147 Å². The molecule has 1 fully saturated rings. The van der Waals surface area contributed by atoms with E-state index < -0.39 is 11.6 Å². The Morgan fingerprint density at radius 3 is 2.40 bits per heavy atom. The summed E-state index contributed by atoms with van der Waals surface area (Å²) in [5.74, 6) is -1.08. The normalized spacial score (nSPS) is 22.0. The first-order valence-electron chi connectivity index (χ1n) is 9.27. The standard InChI is InChI=1S/C22H22F2O/c1-2-3-13-4-6-14(7-5-13)15-8-9-16-17-10-11-19(23)21(24)20(17)22(25)18(16)12-15/h8-14H,2-7H2,1H3. The van der Waals surface area contributed by atoms with Gasteiger partial charge >= 0.3 is 0 Å². The minimum absolute atomic E-state index is 0.112. The van der Waals surface area contributed by atoms with Gasteiger partial charge in [0, 0.05) is 5.56 Å². The number of carbonyl (C=O) groups is 1. The number of carbonyl (C=O) groups excluding carboxylic acids is 1. The van der Waals surface area contributed by atoms with Crippen LogP contribution >= 0.6 is 0 Å². The number of ketones is 1. The fourth-order valence-electron chi connectivity index (χ4n) is 4.56. The molecule has 2 aliphatic carbocycles. The summed E-state index contributed by atoms with van der Waals surface area (Å²) < 4.78 is 27.6. The average Bonchev–Trinajstić information content (AvgIpc) is 2.92. The topological polar surface area (TPSA) is 17.1 Å². The van der Waals surface area contributed by atoms with Gasteiger partial charge in [0.15, 0.2) is 17.4 Å². The van der Waals surface area contributed by atoms with Gasteiger partial charge in [0.1, 0.15) is 0 Å². The Bertz CT molecular complexity index is 832. The molecule has 1 saturated carbocycles. The maximum atomic E-state index is 14.1. The molecule has 2 aromatic rings. The second-order valence-electron chi connectivity index (χ2n) is 7.42. The molecule has 2 aromatic carbocycles. The van der Waals surface area contributed by atoms with Gasteiger partial charge in [-0.15, -0.1) is 0 Å². The van der Waals surface area contributed by atoms with E-state index in [0.717, 1.165) is 36.0 Å². The Morgan fingerprint density at radius 2 is 1.68 bits per heavy atom. The molecule has 0 radical (unpaired) electrons. The second-order valence-corrected chi connectivity index (χ2v) is 7.42. The molecule has 0 unspecified atom stereocenters. The summed E-state index contributed by atoms with van der Waals surface area (Å²) in [6, 6.07) is 8.49. The van der Waals surface area contributed by atoms with Crippen LogP contribution in [0.5, 0.6) is 0 Å². The SMILES string of the molecule is CCCC1CCC(c2ccc3c(c2)C(=O)c2c-3ccc(F)c2F)CC1. The first-order valence-corrected chi connectivity index (χ1v) is 9.27. The Balaban J connectivity index is 1.63. The molecule has 2 aliphatic rings. The van der Waals surface area contributed by atoms with Crippen molar-refractivity contribution in [3.8, 4) is 11.1 Å². The minimum atomic E-state index is -1.03. The molecule has 0 heterocycles. The van der Waals surface area contributed by atoms with Crippen LogP contribution in [0.3, 0.4) is 0 Å². The molecule has 0 N–H and O–H groups in total. The number of hydrogen-bond donors (Lipinski definition) is 0. The third kappa shape index (κ3) is 2.70. The molecule has 0 amide bonds. The molecule has 0 bridgehead atoms. The molecular weight excluding hydrogens is 318 g/mol. The van der Waals surface area contributed by atoms with Gasteiger partial charge < -0.3 is 0 Å². The smallest absolute Gasteiger partial charge is 0.197 e. The molecule has 0 aromatic heterocycles. The summed E-state index contributed by atoms with van der Waals surface area (Å²) >= 11 is 0. The second kappa shape index (κ2) is 6.36. The van der Waals surface area contributed by atoms with Gasteiger partial charge in [-0.2, -0.15) is 0 Å². The summed E-state index contributed by atoms with van der Waals surface area (Å²) in [4.78, 5) is 12.6. The van der Waals surface area contributed by atoms with Crippen molar-refractivity contribution in [3.05, 3.63) is 58.7 Å². The lowest BCUT2D eigenvalue weighted by atomic mass is 9.77. The van der Waals surface area contributed by atoms with Crippen LogP contribution in [0.15, 0.2) is 30.3 Å². The molecule has 0 spiro atoms. The first kappa shape index (κ1) is 16.4. The molecule has 25 heavy (non-hydrogen) atoms. The van der Waals surface area contributed by atoms with Crippen molar-refractivity contribution in [1.29, 1.82) is 0 Å². The summed E-state index contributed by atoms with van der Waals surface area (Å²) in [5, 5.41) is 0. The van der Waals surface area contributed by atoms with E-state index in [1.807, 2.05) is 12.1 Å². The van der Waals surface area contributed by atoms with Crippen molar-refractivity contribution in [2.24, 2.45) is 5.92 Å². The Kier molecular flexibility index (Phi) is 4.18. The van der Waals surface area contributed by atoms with Gasteiger partial charge in [-0.3, -0.25) is 4.79 Å². The van der Waals surface area contributed by atoms with Crippen LogP contribution in [0.2, 0.25) is 0 Å². The van der Waals surface area contributed by atoms with Gasteiger partial charge in [-0.25, -0.2) is 8.78 Å². The van der Waals surface area contributed by atoms with Gasteiger partial charge in [0.2, 0.25) is 0 Å². The Hall–Kier alpha value is -2.03. The predicted octanol–water partition coefficient (Wildman–Crippen LogP) is 6.25. The highest BCUT2D eigenvalue weighted by atomic mass is 19.2. The highest BCUT2D eigenvalue weighted by Gasteiger charge is 2.32. The van der Waals surface area contributed by atoms with E-state index in [9.17, 15) is 13.6 Å². The lowest BCUT2D eigenvalue weighted by molar-refractivity contribution is 0.103. The lowest BCUT2D eigenvalue weighted by Crippen LogP contribution is -2.13. The van der Waals surface area contributed by atoms with Crippen LogP contribution in [0.25, 0.3) is 11.1 Å². The van der Waals surface area contributed by atoms with Crippen molar-refractivity contribution in [2.75, 3.05) is 0 Å². The van der Waals surface area contributed by atoms with Gasteiger partial charge in [0.25, 0.3) is 0 Å². The molecule has 1 nitrogen and oxygen atoms in total. The number of hydrogen-bond acceptors (Lipinski definition) is 1. The summed E-state index contributed by atoms with van der Waals surface area (Å²) in [6.07, 6.45) is 7.31. The van der Waals surface area contributed by atoms with Gasteiger partial charge in [0.05, 0.1) is 5.56 Å². The average molecular weight is 340 g/mol. The number of fused-ring (bicyclic) bond motifs is 3. The van der Waals surface area contributed by atoms with E-state index in [-0.39, 0.29) is 11.3 Å². The fraction of sp³-hybridized carbons (Fsp3) is 0.409. The maximum absolute atomic E-state index is 14.1. The van der Waals surface area contributed by atoms with Crippen molar-refractivity contribution in [3.63, 3.8) is 0 Å². The Morgan fingerprint density at radius 1 is 0.960 bits per heavy atom. The molecule has 0 atom stereocenters. The largest absolute Gasteiger partial charge is 0.288 e. The summed E-state index contributed by atoms with van der Waals surface area (Å²) in [7, 11) is 0. The van der Waals surface area contributed by atoms with E-state index in [1.54, 1.807) is 0 Å². The molecule has 4 rings (SSSR count). The summed E-state index contributed by atoms with van der Waals surface area (Å²) in [6.45, 7) is 2.23. The van der Waals surface area contributed by atoms with Crippen LogP contribution in [0, 0.1) is 17.6 Å². The highest BCUT2D eigenvalue weighted by Crippen LogP contribution is 2.42. The highest BCUT2D eigenvalue weighted by molar-refractivity contribution is 6.21. The maximum Gasteiger partial charge on any atom is 0.197 e. The van der Waals surface area contributed by atoms with Crippen molar-refractivity contribution in [2.45, 2.75) is 51.4 Å². The lowest BCUT2D eigenvalue weighted by Gasteiger charge is -2.28. The van der Waals surface area contributed by atoms with Gasteiger partial charge in [-0.05, 0) is 66.3 Å². The third-order valence-electron chi connectivity index (χ3n) is 5.92. The number of halogens is 2. The van der Waals surface area contributed by atoms with E-state index in [4.69, 9.17) is 0 Å². The van der Waals surface area contributed by atoms with Gasteiger partial charge in [-0.1, -0.05) is 38.0 Å². The third-order valence-corrected chi connectivity index (χ3v) is 5.92. The van der Waals surface area contributed by atoms with E-state index in [0.29, 0.717) is 17.0 Å². The van der Waals surface area contributed by atoms with E-state index in [2.05, 4.69) is 13.0 Å². The fourth-order valence-corrected chi connectivity index (χ4v) is 4.56. The van der Waals surface area contributed by atoms with Crippen molar-refractivity contribution < 1.29 is 13.6 Å². The molecule has 130 valence electrons. The molecule has 3 heteroatoms. The minimum Gasteiger partial charge on any atom is -0.288 e. The zero-order valence-electron chi connectivity index (χ0n) is 14.4. The first-order chi connectivity index (χ1) is 12.1. The predicted molar refractivity (Wildman–Crippen MR) is 94.8 cm³/mol. The van der Waals surface area contributed by atoms with Crippen LogP contribution in [-0.2, 0) is 0 Å². The number of benzene rings is 2. The van der Waals surface area contributed by atoms with Crippen molar-refractivity contribution >= 4 is 5.78 Å².